The van der Waals surface area contributed by atoms with Crippen molar-refractivity contribution in [1.82, 2.24) is 0 Å². The van der Waals surface area contributed by atoms with Crippen LogP contribution in [0.2, 0.25) is 0 Å². The van der Waals surface area contributed by atoms with Gasteiger partial charge in [-0.3, -0.25) is 14.4 Å². The standard InChI is InChI=1S/C27H34F2O8/c1-6-22(33)36-13-21(32)27(37-23(34)35-5)14(2)9-16-17-11-19(28)18-10-15(30)7-8-24(18,3)26(17,29)20(31)12-25(16,27)4/h7-8,10,14,16-17,19-20,31H,6,9,11-13H2,1-5H3/t14-,16+,17+,19+,20+,24+,25+,26+,27+/m1/s1. The topological polar surface area (TPSA) is 116 Å². The zero-order valence-corrected chi connectivity index (χ0v) is 21.7. The highest BCUT2D eigenvalue weighted by Crippen LogP contribution is 2.71. The lowest BCUT2D eigenvalue weighted by Gasteiger charge is -2.63. The maximum atomic E-state index is 17.3. The van der Waals surface area contributed by atoms with E-state index in [2.05, 4.69) is 0 Å². The number of ether oxygens (including phenoxy) is 3. The van der Waals surface area contributed by atoms with Crippen LogP contribution in [0.1, 0.15) is 53.4 Å². The summed E-state index contributed by atoms with van der Waals surface area (Å²) in [5.41, 5.74) is -7.18. The van der Waals surface area contributed by atoms with Crippen molar-refractivity contribution in [3.63, 3.8) is 0 Å². The molecule has 0 aromatic carbocycles. The molecule has 0 aliphatic heterocycles. The molecule has 0 radical (unpaired) electrons. The van der Waals surface area contributed by atoms with Crippen molar-refractivity contribution < 1.29 is 47.3 Å². The van der Waals surface area contributed by atoms with Gasteiger partial charge in [0.05, 0.1) is 13.2 Å². The van der Waals surface area contributed by atoms with E-state index in [-0.39, 0.29) is 31.3 Å². The molecule has 1 N–H and O–H groups in total. The second kappa shape index (κ2) is 8.99. The number of fused-ring (bicyclic) bond motifs is 5. The molecule has 4 aliphatic rings. The Balaban J connectivity index is 1.83. The van der Waals surface area contributed by atoms with E-state index in [1.807, 2.05) is 0 Å². The molecule has 10 heteroatoms. The van der Waals surface area contributed by atoms with Crippen LogP contribution in [0.25, 0.3) is 0 Å². The highest BCUT2D eigenvalue weighted by Gasteiger charge is 2.78. The van der Waals surface area contributed by atoms with Crippen molar-refractivity contribution in [3.05, 3.63) is 23.8 Å². The minimum Gasteiger partial charge on any atom is -0.457 e. The average Bonchev–Trinajstić information content (AvgIpc) is 3.07. The molecule has 4 aliphatic carbocycles. The summed E-state index contributed by atoms with van der Waals surface area (Å²) < 4.78 is 48.4. The molecule has 0 saturated heterocycles. The van der Waals surface area contributed by atoms with Crippen LogP contribution in [0.5, 0.6) is 0 Å². The summed E-state index contributed by atoms with van der Waals surface area (Å²) >= 11 is 0. The van der Waals surface area contributed by atoms with E-state index in [9.17, 15) is 24.3 Å². The summed E-state index contributed by atoms with van der Waals surface area (Å²) in [7, 11) is 1.08. The number of Topliss-reactive ketones (excluding diaryl/α,β-unsaturated/α-hetero) is 1. The molecular formula is C27H34F2O8. The summed E-state index contributed by atoms with van der Waals surface area (Å²) in [6, 6.07) is 0. The fourth-order valence-electron chi connectivity index (χ4n) is 7.92. The van der Waals surface area contributed by atoms with E-state index in [4.69, 9.17) is 14.2 Å². The maximum Gasteiger partial charge on any atom is 0.509 e. The van der Waals surface area contributed by atoms with Crippen LogP contribution in [0.3, 0.4) is 0 Å². The monoisotopic (exact) mass is 524 g/mol. The number of hydrogen-bond donors (Lipinski definition) is 1. The van der Waals surface area contributed by atoms with E-state index >= 15 is 8.78 Å². The van der Waals surface area contributed by atoms with E-state index in [0.29, 0.717) is 0 Å². The van der Waals surface area contributed by atoms with Crippen molar-refractivity contribution in [1.29, 1.82) is 0 Å². The van der Waals surface area contributed by atoms with Gasteiger partial charge in [0.1, 0.15) is 6.17 Å². The highest BCUT2D eigenvalue weighted by molar-refractivity contribution is 6.01. The van der Waals surface area contributed by atoms with Gasteiger partial charge in [0.15, 0.2) is 23.7 Å². The van der Waals surface area contributed by atoms with Crippen LogP contribution in [0.15, 0.2) is 23.8 Å². The van der Waals surface area contributed by atoms with Gasteiger partial charge in [-0.2, -0.15) is 0 Å². The van der Waals surface area contributed by atoms with Crippen LogP contribution < -0.4 is 0 Å². The number of carbonyl (C=O) groups excluding carboxylic acids is 4. The Kier molecular flexibility index (Phi) is 6.66. The Bertz CT molecular complexity index is 1090. The van der Waals surface area contributed by atoms with Crippen LogP contribution >= 0.6 is 0 Å². The van der Waals surface area contributed by atoms with Gasteiger partial charge in [0.2, 0.25) is 5.78 Å². The van der Waals surface area contributed by atoms with Crippen molar-refractivity contribution in [2.45, 2.75) is 76.9 Å². The third-order valence-electron chi connectivity index (χ3n) is 9.65. The second-order valence-corrected chi connectivity index (χ2v) is 11.2. The van der Waals surface area contributed by atoms with Gasteiger partial charge in [-0.15, -0.1) is 0 Å². The van der Waals surface area contributed by atoms with Gasteiger partial charge < -0.3 is 19.3 Å². The maximum absolute atomic E-state index is 17.3. The first kappa shape index (κ1) is 27.4. The second-order valence-electron chi connectivity index (χ2n) is 11.2. The fourth-order valence-corrected chi connectivity index (χ4v) is 7.92. The number of ketones is 2. The quantitative estimate of drug-likeness (QED) is 0.543. The van der Waals surface area contributed by atoms with Crippen molar-refractivity contribution in [2.24, 2.45) is 28.6 Å². The van der Waals surface area contributed by atoms with Crippen LogP contribution in [-0.2, 0) is 28.6 Å². The first-order valence-electron chi connectivity index (χ1n) is 12.6. The summed E-state index contributed by atoms with van der Waals surface area (Å²) in [6.07, 6.45) is -1.23. The Labute approximate surface area is 214 Å². The summed E-state index contributed by atoms with van der Waals surface area (Å²) in [4.78, 5) is 50.0. The molecular weight excluding hydrogens is 490 g/mol. The van der Waals surface area contributed by atoms with Gasteiger partial charge in [-0.25, -0.2) is 13.6 Å². The van der Waals surface area contributed by atoms with Crippen molar-refractivity contribution in [3.8, 4) is 0 Å². The third-order valence-corrected chi connectivity index (χ3v) is 9.65. The first-order chi connectivity index (χ1) is 17.2. The molecule has 0 spiro atoms. The van der Waals surface area contributed by atoms with E-state index in [0.717, 1.165) is 13.2 Å². The number of halogens is 2. The lowest BCUT2D eigenvalue weighted by molar-refractivity contribution is -0.226. The fraction of sp³-hybridized carbons (Fsp3) is 0.704. The third kappa shape index (κ3) is 3.54. The number of rotatable bonds is 5. The highest BCUT2D eigenvalue weighted by atomic mass is 19.1. The Morgan fingerprint density at radius 3 is 2.49 bits per heavy atom. The number of carbonyl (C=O) groups is 4. The molecule has 3 saturated carbocycles. The van der Waals surface area contributed by atoms with Crippen LogP contribution in [0, 0.1) is 28.6 Å². The number of aliphatic hydroxyl groups is 1. The van der Waals surface area contributed by atoms with Crippen LogP contribution in [-0.4, -0.2) is 66.1 Å². The SMILES string of the molecule is CCC(=O)OCC(=O)[C@@]1(OC(=O)OC)[C@H](C)C[C@H]2[C@@H]3C[C@H](F)C4=CC(=O)C=C[C@]4(C)[C@@]3(F)[C@@H](O)C[C@@]21C. The van der Waals surface area contributed by atoms with E-state index in [1.165, 1.54) is 19.1 Å². The lowest BCUT2D eigenvalue weighted by Crippen LogP contribution is -2.71. The predicted octanol–water partition coefficient (Wildman–Crippen LogP) is 3.60. The molecule has 0 aromatic rings. The predicted molar refractivity (Wildman–Crippen MR) is 126 cm³/mol. The minimum atomic E-state index is -2.35. The number of hydrogen-bond acceptors (Lipinski definition) is 8. The van der Waals surface area contributed by atoms with Gasteiger partial charge in [0, 0.05) is 29.1 Å². The first-order valence-corrected chi connectivity index (χ1v) is 12.6. The summed E-state index contributed by atoms with van der Waals surface area (Å²) in [6.45, 7) is 5.67. The summed E-state index contributed by atoms with van der Waals surface area (Å²) in [5.74, 6) is -4.21. The molecule has 37 heavy (non-hydrogen) atoms. The van der Waals surface area contributed by atoms with Gasteiger partial charge in [0.25, 0.3) is 0 Å². The molecule has 0 bridgehead atoms. The zero-order valence-electron chi connectivity index (χ0n) is 21.7. The number of allylic oxidation sites excluding steroid dienone is 4. The molecule has 8 nitrogen and oxygen atoms in total. The Morgan fingerprint density at radius 1 is 1.19 bits per heavy atom. The summed E-state index contributed by atoms with van der Waals surface area (Å²) in [5, 5.41) is 11.5. The van der Waals surface area contributed by atoms with Gasteiger partial charge >= 0.3 is 12.1 Å². The molecule has 0 unspecified atom stereocenters. The van der Waals surface area contributed by atoms with E-state index in [1.54, 1.807) is 20.8 Å². The van der Waals surface area contributed by atoms with Crippen molar-refractivity contribution in [2.75, 3.05) is 13.7 Å². The lowest BCUT2D eigenvalue weighted by atomic mass is 9.44. The molecule has 3 fully saturated rings. The molecule has 204 valence electrons. The Hall–Kier alpha value is -2.62. The number of alkyl halides is 2. The molecule has 4 rings (SSSR count). The number of aliphatic hydroxyl groups excluding tert-OH is 1. The van der Waals surface area contributed by atoms with Gasteiger partial charge in [-0.1, -0.05) is 26.8 Å². The molecule has 0 amide bonds. The van der Waals surface area contributed by atoms with Crippen molar-refractivity contribution >= 4 is 23.7 Å². The minimum absolute atomic E-state index is 0.00734. The molecule has 9 atom stereocenters. The smallest absolute Gasteiger partial charge is 0.457 e. The normalized spacial score (nSPS) is 44.2. The van der Waals surface area contributed by atoms with E-state index < -0.39 is 82.4 Å². The zero-order chi connectivity index (χ0) is 27.6. The molecule has 0 heterocycles. The van der Waals surface area contributed by atoms with Gasteiger partial charge in [-0.05, 0) is 49.8 Å². The largest absolute Gasteiger partial charge is 0.509 e. The number of methoxy groups -OCH3 is 1. The number of esters is 1. The van der Waals surface area contributed by atoms with Crippen LogP contribution in [0.4, 0.5) is 13.6 Å². The molecule has 0 aromatic heterocycles. The Morgan fingerprint density at radius 2 is 1.86 bits per heavy atom. The average molecular weight is 525 g/mol.